The van der Waals surface area contributed by atoms with Crippen LogP contribution in [0.4, 0.5) is 10.5 Å². The highest BCUT2D eigenvalue weighted by Crippen LogP contribution is 2.41. The Kier molecular flexibility index (Phi) is 5.87. The van der Waals surface area contributed by atoms with Crippen molar-refractivity contribution in [1.82, 2.24) is 10.2 Å². The van der Waals surface area contributed by atoms with Gasteiger partial charge in [0, 0.05) is 49.5 Å². The average Bonchev–Trinajstić information content (AvgIpc) is 2.59. The van der Waals surface area contributed by atoms with Crippen molar-refractivity contribution in [2.45, 2.75) is 26.3 Å². The number of carbonyl (C=O) groups is 1. The Balaban J connectivity index is 2.09. The fourth-order valence-corrected chi connectivity index (χ4v) is 2.82. The standard InChI is InChI=1S/C18H29N3O4/c1-18(2,3)19-17(22)21-9-7-20(8-10-21)13-11-14(23-4)16(25-6)15(12-13)24-5/h11-12H,7-10H2,1-6H3,(H,19,22). The van der Waals surface area contributed by atoms with Crippen LogP contribution in [0.1, 0.15) is 20.8 Å². The third-order valence-electron chi connectivity index (χ3n) is 4.06. The maximum Gasteiger partial charge on any atom is 0.317 e. The minimum atomic E-state index is -0.231. The Morgan fingerprint density at radius 1 is 0.960 bits per heavy atom. The van der Waals surface area contributed by atoms with Gasteiger partial charge >= 0.3 is 6.03 Å². The Hall–Kier alpha value is -2.31. The lowest BCUT2D eigenvalue weighted by Gasteiger charge is -2.37. The summed E-state index contributed by atoms with van der Waals surface area (Å²) in [6.45, 7) is 8.77. The van der Waals surface area contributed by atoms with E-state index in [2.05, 4.69) is 10.2 Å². The van der Waals surface area contributed by atoms with Crippen molar-refractivity contribution in [3.63, 3.8) is 0 Å². The number of carbonyl (C=O) groups excluding carboxylic acids is 1. The van der Waals surface area contributed by atoms with Crippen LogP contribution < -0.4 is 24.4 Å². The molecular weight excluding hydrogens is 322 g/mol. The largest absolute Gasteiger partial charge is 0.493 e. The maximum absolute atomic E-state index is 12.3. The number of piperazine rings is 1. The highest BCUT2D eigenvalue weighted by Gasteiger charge is 2.25. The summed E-state index contributed by atoms with van der Waals surface area (Å²) in [6.07, 6.45) is 0. The number of methoxy groups -OCH3 is 3. The highest BCUT2D eigenvalue weighted by atomic mass is 16.5. The average molecular weight is 351 g/mol. The molecule has 0 radical (unpaired) electrons. The number of amides is 2. The zero-order chi connectivity index (χ0) is 18.6. The van der Waals surface area contributed by atoms with Gasteiger partial charge in [-0.1, -0.05) is 0 Å². The topological polar surface area (TPSA) is 63.3 Å². The van der Waals surface area contributed by atoms with Gasteiger partial charge in [-0.3, -0.25) is 0 Å². The van der Waals surface area contributed by atoms with Crippen LogP contribution in [0.5, 0.6) is 17.2 Å². The second-order valence-electron chi connectivity index (χ2n) is 7.04. The summed E-state index contributed by atoms with van der Waals surface area (Å²) in [4.78, 5) is 16.3. The summed E-state index contributed by atoms with van der Waals surface area (Å²) < 4.78 is 16.2. The summed E-state index contributed by atoms with van der Waals surface area (Å²) in [5.74, 6) is 1.84. The van der Waals surface area contributed by atoms with Crippen molar-refractivity contribution in [2.75, 3.05) is 52.4 Å². The first-order valence-electron chi connectivity index (χ1n) is 8.41. The zero-order valence-corrected chi connectivity index (χ0v) is 16.0. The molecule has 0 aromatic heterocycles. The van der Waals surface area contributed by atoms with Crippen molar-refractivity contribution in [3.05, 3.63) is 12.1 Å². The fourth-order valence-electron chi connectivity index (χ4n) is 2.82. The van der Waals surface area contributed by atoms with Gasteiger partial charge in [-0.25, -0.2) is 4.79 Å². The second kappa shape index (κ2) is 7.72. The normalized spacial score (nSPS) is 15.0. The third kappa shape index (κ3) is 4.61. The molecular formula is C18H29N3O4. The number of anilines is 1. The summed E-state index contributed by atoms with van der Waals surface area (Å²) in [6, 6.07) is 3.86. The maximum atomic E-state index is 12.3. The first-order chi connectivity index (χ1) is 11.8. The first kappa shape index (κ1) is 19.0. The minimum Gasteiger partial charge on any atom is -0.493 e. The molecule has 2 amide bonds. The Labute approximate surface area is 149 Å². The van der Waals surface area contributed by atoms with E-state index in [1.54, 1.807) is 21.3 Å². The molecule has 0 unspecified atom stereocenters. The molecule has 0 spiro atoms. The SMILES string of the molecule is COc1cc(N2CCN(C(=O)NC(C)(C)C)CC2)cc(OC)c1OC. The summed E-state index contributed by atoms with van der Waals surface area (Å²) >= 11 is 0. The van der Waals surface area contributed by atoms with E-state index in [9.17, 15) is 4.79 Å². The molecule has 0 bridgehead atoms. The van der Waals surface area contributed by atoms with E-state index in [1.807, 2.05) is 37.8 Å². The lowest BCUT2D eigenvalue weighted by molar-refractivity contribution is 0.185. The van der Waals surface area contributed by atoms with E-state index < -0.39 is 0 Å². The molecule has 1 fully saturated rings. The number of urea groups is 1. The van der Waals surface area contributed by atoms with Crippen molar-refractivity contribution in [1.29, 1.82) is 0 Å². The molecule has 0 saturated carbocycles. The van der Waals surface area contributed by atoms with Gasteiger partial charge in [-0.2, -0.15) is 0 Å². The van der Waals surface area contributed by atoms with Gasteiger partial charge in [-0.15, -0.1) is 0 Å². The third-order valence-corrected chi connectivity index (χ3v) is 4.06. The van der Waals surface area contributed by atoms with Crippen LogP contribution >= 0.6 is 0 Å². The van der Waals surface area contributed by atoms with Crippen LogP contribution in [0, 0.1) is 0 Å². The molecule has 7 nitrogen and oxygen atoms in total. The number of hydrogen-bond donors (Lipinski definition) is 1. The first-order valence-corrected chi connectivity index (χ1v) is 8.41. The monoisotopic (exact) mass is 351 g/mol. The second-order valence-corrected chi connectivity index (χ2v) is 7.04. The molecule has 1 saturated heterocycles. The molecule has 1 aromatic carbocycles. The van der Waals surface area contributed by atoms with Crippen LogP contribution in [0.25, 0.3) is 0 Å². The highest BCUT2D eigenvalue weighted by molar-refractivity contribution is 5.75. The van der Waals surface area contributed by atoms with Gasteiger partial charge in [0.1, 0.15) is 0 Å². The van der Waals surface area contributed by atoms with Crippen LogP contribution in [-0.4, -0.2) is 64.0 Å². The van der Waals surface area contributed by atoms with Crippen molar-refractivity contribution in [3.8, 4) is 17.2 Å². The molecule has 1 N–H and O–H groups in total. The fraction of sp³-hybridized carbons (Fsp3) is 0.611. The predicted molar refractivity (Wildman–Crippen MR) is 98.2 cm³/mol. The van der Waals surface area contributed by atoms with E-state index in [0.29, 0.717) is 30.3 Å². The molecule has 2 rings (SSSR count). The van der Waals surface area contributed by atoms with E-state index in [1.165, 1.54) is 0 Å². The molecule has 1 aliphatic rings. The van der Waals surface area contributed by atoms with E-state index in [0.717, 1.165) is 18.8 Å². The Morgan fingerprint density at radius 2 is 1.48 bits per heavy atom. The van der Waals surface area contributed by atoms with Gasteiger partial charge in [0.25, 0.3) is 0 Å². The number of hydrogen-bond acceptors (Lipinski definition) is 5. The van der Waals surface area contributed by atoms with Gasteiger partial charge in [0.2, 0.25) is 5.75 Å². The molecule has 1 aromatic rings. The van der Waals surface area contributed by atoms with Crippen LogP contribution in [-0.2, 0) is 0 Å². The van der Waals surface area contributed by atoms with Gasteiger partial charge < -0.3 is 29.3 Å². The minimum absolute atomic E-state index is 0.0166. The van der Waals surface area contributed by atoms with E-state index in [-0.39, 0.29) is 11.6 Å². The quantitative estimate of drug-likeness (QED) is 0.902. The van der Waals surface area contributed by atoms with Crippen molar-refractivity contribution in [2.24, 2.45) is 0 Å². The van der Waals surface area contributed by atoms with Crippen LogP contribution in [0.15, 0.2) is 12.1 Å². The van der Waals surface area contributed by atoms with Gasteiger partial charge in [-0.05, 0) is 20.8 Å². The van der Waals surface area contributed by atoms with E-state index in [4.69, 9.17) is 14.2 Å². The number of rotatable bonds is 4. The van der Waals surface area contributed by atoms with Crippen LogP contribution in [0.2, 0.25) is 0 Å². The molecule has 0 atom stereocenters. The molecule has 1 heterocycles. The summed E-state index contributed by atoms with van der Waals surface area (Å²) in [5.41, 5.74) is 0.760. The number of nitrogens with one attached hydrogen (secondary N) is 1. The van der Waals surface area contributed by atoms with Gasteiger partial charge in [0.15, 0.2) is 11.5 Å². The van der Waals surface area contributed by atoms with Crippen molar-refractivity contribution >= 4 is 11.7 Å². The molecule has 0 aliphatic carbocycles. The Morgan fingerprint density at radius 3 is 1.88 bits per heavy atom. The lowest BCUT2D eigenvalue weighted by Crippen LogP contribution is -2.55. The predicted octanol–water partition coefficient (Wildman–Crippen LogP) is 2.34. The Bertz CT molecular complexity index is 580. The molecule has 25 heavy (non-hydrogen) atoms. The van der Waals surface area contributed by atoms with Crippen molar-refractivity contribution < 1.29 is 19.0 Å². The molecule has 140 valence electrons. The summed E-state index contributed by atoms with van der Waals surface area (Å²) in [7, 11) is 4.80. The lowest BCUT2D eigenvalue weighted by atomic mass is 10.1. The smallest absolute Gasteiger partial charge is 0.317 e. The zero-order valence-electron chi connectivity index (χ0n) is 16.0. The van der Waals surface area contributed by atoms with E-state index >= 15 is 0 Å². The number of ether oxygens (including phenoxy) is 3. The number of nitrogens with zero attached hydrogens (tertiary/aromatic N) is 2. The summed E-state index contributed by atoms with van der Waals surface area (Å²) in [5, 5.41) is 3.01. The van der Waals surface area contributed by atoms with Gasteiger partial charge in [0.05, 0.1) is 21.3 Å². The number of benzene rings is 1. The molecule has 7 heteroatoms. The van der Waals surface area contributed by atoms with Crippen LogP contribution in [0.3, 0.4) is 0 Å². The molecule has 1 aliphatic heterocycles.